The van der Waals surface area contributed by atoms with Crippen LogP contribution in [0.15, 0.2) is 109 Å². The van der Waals surface area contributed by atoms with Gasteiger partial charge in [0.25, 0.3) is 0 Å². The highest BCUT2D eigenvalue weighted by atomic mass is 16.7. The molecule has 0 saturated carbocycles. The maximum Gasteiger partial charge on any atom is 0.335 e. The van der Waals surface area contributed by atoms with Crippen molar-refractivity contribution in [3.05, 3.63) is 109 Å². The summed E-state index contributed by atoms with van der Waals surface area (Å²) in [5.74, 6) is -3.23. The molecule has 0 aromatic carbocycles. The molecule has 1 heterocycles. The smallest absolute Gasteiger partial charge is 0.335 e. The lowest BCUT2D eigenvalue weighted by Crippen LogP contribution is -2.61. The summed E-state index contributed by atoms with van der Waals surface area (Å²) in [6.07, 6.45) is 60.5. The third-order valence-electron chi connectivity index (χ3n) is 13.3. The molecule has 0 aromatic rings. The maximum atomic E-state index is 13.2. The monoisotopic (exact) mass is 1100 g/mol. The van der Waals surface area contributed by atoms with Crippen LogP contribution in [-0.2, 0) is 42.9 Å². The number of carbonyl (C=O) groups excluding carboxylic acids is 3. The van der Waals surface area contributed by atoms with Crippen molar-refractivity contribution in [3.8, 4) is 0 Å². The second kappa shape index (κ2) is 54.0. The first-order valence-corrected chi connectivity index (χ1v) is 30.9. The van der Waals surface area contributed by atoms with E-state index in [4.69, 9.17) is 23.7 Å². The molecule has 3 N–H and O–H groups in total. The number of esters is 3. The molecule has 448 valence electrons. The zero-order valence-corrected chi connectivity index (χ0v) is 49.3. The summed E-state index contributed by atoms with van der Waals surface area (Å²) in [4.78, 5) is 51.2. The fourth-order valence-corrected chi connectivity index (χ4v) is 8.65. The van der Waals surface area contributed by atoms with E-state index in [0.717, 1.165) is 135 Å². The zero-order chi connectivity index (χ0) is 57.5. The number of carboxylic acids is 1. The van der Waals surface area contributed by atoms with Gasteiger partial charge in [-0.25, -0.2) is 4.79 Å². The molecule has 0 aliphatic carbocycles. The Labute approximate surface area is 478 Å². The van der Waals surface area contributed by atoms with Gasteiger partial charge in [0, 0.05) is 19.3 Å². The van der Waals surface area contributed by atoms with Crippen LogP contribution in [0.5, 0.6) is 0 Å². The summed E-state index contributed by atoms with van der Waals surface area (Å²) in [7, 11) is 0. The van der Waals surface area contributed by atoms with E-state index in [0.29, 0.717) is 25.7 Å². The normalized spacial score (nSPS) is 18.6. The lowest BCUT2D eigenvalue weighted by molar-refractivity contribution is -0.301. The molecule has 12 nitrogen and oxygen atoms in total. The standard InChI is InChI=1S/C67H108O12/c1-4-7-10-13-16-19-22-25-28-30-33-35-38-41-44-47-50-53-59(68)75-56-58(77-60(69)54-51-48-45-42-39-36-32-27-24-21-18-15-12-9-6-3)57-76-67-65(63(72)62(71)64(79-67)66(73)74)78-61(70)55-52-49-46-43-40-37-34-31-29-26-23-20-17-14-11-8-5-2/h7-8,10-11,16-17,19-20,25-29,32-33,35,41,44,58,62-65,67,71-72H,4-6,9,12-15,18,21-24,30-31,34,36-40,42-43,45-57H2,1-3H3,(H,73,74)/b10-7-,11-8-,19-16-,20-17-,28-25-,29-26-,32-27-,35-33-,44-41-. The number of rotatable bonds is 51. The van der Waals surface area contributed by atoms with Crippen LogP contribution in [0.1, 0.15) is 239 Å². The van der Waals surface area contributed by atoms with E-state index in [1.165, 1.54) is 38.5 Å². The van der Waals surface area contributed by atoms with Crippen molar-refractivity contribution in [1.29, 1.82) is 0 Å². The Kier molecular flexibility index (Phi) is 49.5. The Balaban J connectivity index is 2.73. The molecule has 1 saturated heterocycles. The SMILES string of the molecule is CC/C=C\C/C=C\C/C=C\C/C=C\C/C=C\CCCC(=O)OCC(COC1OC(C(=O)O)C(O)C(O)C1OC(=O)CCCCCCCCC/C=C\C/C=C\C/C=C\CC)OC(=O)CCCCCCC/C=C\CCCCCCCC. The fourth-order valence-electron chi connectivity index (χ4n) is 8.65. The second-order valence-corrected chi connectivity index (χ2v) is 20.6. The highest BCUT2D eigenvalue weighted by Crippen LogP contribution is 2.26. The van der Waals surface area contributed by atoms with Gasteiger partial charge in [0.15, 0.2) is 24.6 Å². The molecule has 1 rings (SSSR count). The number of carbonyl (C=O) groups is 4. The number of carboxylic acid groups (broad SMARTS) is 1. The van der Waals surface area contributed by atoms with Crippen molar-refractivity contribution in [2.45, 2.75) is 276 Å². The first-order chi connectivity index (χ1) is 38.6. The summed E-state index contributed by atoms with van der Waals surface area (Å²) in [5, 5.41) is 31.5. The molecule has 0 radical (unpaired) electrons. The third kappa shape index (κ3) is 43.8. The summed E-state index contributed by atoms with van der Waals surface area (Å²) in [5.41, 5.74) is 0. The van der Waals surface area contributed by atoms with Crippen LogP contribution in [0.2, 0.25) is 0 Å². The number of hydrogen-bond acceptors (Lipinski definition) is 11. The lowest BCUT2D eigenvalue weighted by Gasteiger charge is -2.40. The zero-order valence-electron chi connectivity index (χ0n) is 49.3. The van der Waals surface area contributed by atoms with E-state index in [-0.39, 0.29) is 25.9 Å². The average Bonchev–Trinajstić information content (AvgIpc) is 3.47. The minimum Gasteiger partial charge on any atom is -0.479 e. The molecule has 6 unspecified atom stereocenters. The van der Waals surface area contributed by atoms with Gasteiger partial charge in [-0.1, -0.05) is 214 Å². The van der Waals surface area contributed by atoms with Gasteiger partial charge >= 0.3 is 23.9 Å². The van der Waals surface area contributed by atoms with Crippen LogP contribution in [0, 0.1) is 0 Å². The minimum absolute atomic E-state index is 0.0379. The van der Waals surface area contributed by atoms with Gasteiger partial charge in [-0.3, -0.25) is 14.4 Å². The van der Waals surface area contributed by atoms with Crippen molar-refractivity contribution < 1.29 is 58.2 Å². The second-order valence-electron chi connectivity index (χ2n) is 20.6. The van der Waals surface area contributed by atoms with Crippen LogP contribution in [0.3, 0.4) is 0 Å². The van der Waals surface area contributed by atoms with Crippen molar-refractivity contribution in [3.63, 3.8) is 0 Å². The maximum absolute atomic E-state index is 13.2. The molecule has 1 aliphatic heterocycles. The number of aliphatic hydroxyl groups excluding tert-OH is 2. The Bertz CT molecular complexity index is 1790. The summed E-state index contributed by atoms with van der Waals surface area (Å²) < 4.78 is 28.4. The molecule has 6 atom stereocenters. The van der Waals surface area contributed by atoms with Gasteiger partial charge in [0.2, 0.25) is 0 Å². The lowest BCUT2D eigenvalue weighted by atomic mass is 9.98. The van der Waals surface area contributed by atoms with E-state index in [1.54, 1.807) is 0 Å². The fraction of sp³-hybridized carbons (Fsp3) is 0.672. The van der Waals surface area contributed by atoms with Crippen LogP contribution >= 0.6 is 0 Å². The van der Waals surface area contributed by atoms with E-state index in [2.05, 4.69) is 124 Å². The minimum atomic E-state index is -1.92. The average molecular weight is 1110 g/mol. The third-order valence-corrected chi connectivity index (χ3v) is 13.3. The van der Waals surface area contributed by atoms with Crippen LogP contribution in [-0.4, -0.2) is 89.2 Å². The van der Waals surface area contributed by atoms with Crippen LogP contribution in [0.25, 0.3) is 0 Å². The summed E-state index contributed by atoms with van der Waals surface area (Å²) in [6, 6.07) is 0. The number of unbranched alkanes of at least 4 members (excludes halogenated alkanes) is 19. The molecule has 0 spiro atoms. The molecular formula is C67H108O12. The van der Waals surface area contributed by atoms with Gasteiger partial charge < -0.3 is 39.0 Å². The predicted molar refractivity (Wildman–Crippen MR) is 321 cm³/mol. The first kappa shape index (κ1) is 72.4. The summed E-state index contributed by atoms with van der Waals surface area (Å²) in [6.45, 7) is 5.71. The highest BCUT2D eigenvalue weighted by molar-refractivity contribution is 5.74. The van der Waals surface area contributed by atoms with E-state index < -0.39 is 67.3 Å². The van der Waals surface area contributed by atoms with Gasteiger partial charge in [0.05, 0.1) is 6.61 Å². The number of allylic oxidation sites excluding steroid dienone is 18. The predicted octanol–water partition coefficient (Wildman–Crippen LogP) is 16.2. The first-order valence-electron chi connectivity index (χ1n) is 30.9. The number of aliphatic hydroxyl groups is 2. The number of aliphatic carboxylic acids is 1. The topological polar surface area (TPSA) is 175 Å². The Morgan fingerprint density at radius 2 is 0.810 bits per heavy atom. The van der Waals surface area contributed by atoms with Crippen molar-refractivity contribution in [2.75, 3.05) is 13.2 Å². The number of hydrogen-bond donors (Lipinski definition) is 3. The van der Waals surface area contributed by atoms with Crippen molar-refractivity contribution >= 4 is 23.9 Å². The quantitative estimate of drug-likeness (QED) is 0.0228. The molecule has 0 aromatic heterocycles. The summed E-state index contributed by atoms with van der Waals surface area (Å²) >= 11 is 0. The molecule has 0 bridgehead atoms. The Morgan fingerprint density at radius 3 is 1.27 bits per heavy atom. The largest absolute Gasteiger partial charge is 0.479 e. The van der Waals surface area contributed by atoms with Gasteiger partial charge in [-0.05, 0) is 116 Å². The van der Waals surface area contributed by atoms with Gasteiger partial charge in [0.1, 0.15) is 18.8 Å². The Morgan fingerprint density at radius 1 is 0.430 bits per heavy atom. The van der Waals surface area contributed by atoms with Gasteiger partial charge in [-0.2, -0.15) is 0 Å². The Hall–Kier alpha value is -4.62. The highest BCUT2D eigenvalue weighted by Gasteiger charge is 2.50. The van der Waals surface area contributed by atoms with Gasteiger partial charge in [-0.15, -0.1) is 0 Å². The molecule has 1 aliphatic rings. The van der Waals surface area contributed by atoms with E-state index >= 15 is 0 Å². The van der Waals surface area contributed by atoms with E-state index in [9.17, 15) is 34.5 Å². The van der Waals surface area contributed by atoms with E-state index in [1.807, 2.05) is 6.08 Å². The molecule has 1 fully saturated rings. The molecule has 0 amide bonds. The number of ether oxygens (including phenoxy) is 5. The molecule has 79 heavy (non-hydrogen) atoms. The van der Waals surface area contributed by atoms with Crippen LogP contribution in [0.4, 0.5) is 0 Å². The molecular weight excluding hydrogens is 997 g/mol. The van der Waals surface area contributed by atoms with Crippen molar-refractivity contribution in [1.82, 2.24) is 0 Å². The van der Waals surface area contributed by atoms with Crippen molar-refractivity contribution in [2.24, 2.45) is 0 Å². The molecule has 12 heteroatoms. The van der Waals surface area contributed by atoms with Crippen LogP contribution < -0.4 is 0 Å².